The van der Waals surface area contributed by atoms with Crippen LogP contribution in [-0.2, 0) is 4.79 Å². The molecular formula is C14H17F2NO4. The van der Waals surface area contributed by atoms with Gasteiger partial charge in [0.05, 0.1) is 6.42 Å². The summed E-state index contributed by atoms with van der Waals surface area (Å²) in [6, 6.07) is 4.83. The van der Waals surface area contributed by atoms with Crippen molar-refractivity contribution in [1.29, 1.82) is 0 Å². The average Bonchev–Trinajstić information content (AvgIpc) is 2.38. The molecular weight excluding hydrogens is 284 g/mol. The SMILES string of the molecule is CCN(C(=O)c1ccc(OC(F)F)cc1)C(C)CC(=O)O. The number of hydrogen-bond donors (Lipinski definition) is 1. The van der Waals surface area contributed by atoms with Crippen LogP contribution in [0.2, 0.25) is 0 Å². The zero-order chi connectivity index (χ0) is 16.0. The van der Waals surface area contributed by atoms with Crippen molar-refractivity contribution in [3.63, 3.8) is 0 Å². The molecule has 1 rings (SSSR count). The van der Waals surface area contributed by atoms with Crippen LogP contribution in [0.1, 0.15) is 30.6 Å². The first-order valence-corrected chi connectivity index (χ1v) is 6.42. The summed E-state index contributed by atoms with van der Waals surface area (Å²) in [6.07, 6.45) is -0.161. The monoisotopic (exact) mass is 301 g/mol. The van der Waals surface area contributed by atoms with Gasteiger partial charge in [-0.05, 0) is 38.1 Å². The minimum Gasteiger partial charge on any atom is -0.481 e. The van der Waals surface area contributed by atoms with E-state index in [-0.39, 0.29) is 23.6 Å². The number of rotatable bonds is 7. The third kappa shape index (κ3) is 5.02. The molecule has 1 aromatic rings. The number of benzene rings is 1. The summed E-state index contributed by atoms with van der Waals surface area (Å²) in [4.78, 5) is 24.4. The lowest BCUT2D eigenvalue weighted by Gasteiger charge is -2.27. The van der Waals surface area contributed by atoms with Crippen molar-refractivity contribution < 1.29 is 28.2 Å². The van der Waals surface area contributed by atoms with E-state index in [1.165, 1.54) is 29.2 Å². The first-order chi connectivity index (χ1) is 9.85. The largest absolute Gasteiger partial charge is 0.481 e. The number of carboxylic acid groups (broad SMARTS) is 1. The van der Waals surface area contributed by atoms with Gasteiger partial charge in [0.1, 0.15) is 5.75 Å². The van der Waals surface area contributed by atoms with Gasteiger partial charge < -0.3 is 14.7 Å². The van der Waals surface area contributed by atoms with Gasteiger partial charge in [-0.2, -0.15) is 8.78 Å². The van der Waals surface area contributed by atoms with E-state index in [1.807, 2.05) is 0 Å². The number of halogens is 2. The van der Waals surface area contributed by atoms with Crippen molar-refractivity contribution in [3.05, 3.63) is 29.8 Å². The van der Waals surface area contributed by atoms with E-state index >= 15 is 0 Å². The van der Waals surface area contributed by atoms with Gasteiger partial charge in [0, 0.05) is 18.2 Å². The van der Waals surface area contributed by atoms with Crippen LogP contribution in [0.3, 0.4) is 0 Å². The van der Waals surface area contributed by atoms with E-state index in [4.69, 9.17) is 5.11 Å². The smallest absolute Gasteiger partial charge is 0.387 e. The molecule has 1 N–H and O–H groups in total. The van der Waals surface area contributed by atoms with Crippen LogP contribution < -0.4 is 4.74 Å². The Morgan fingerprint density at radius 3 is 2.29 bits per heavy atom. The lowest BCUT2D eigenvalue weighted by atomic mass is 10.1. The Labute approximate surface area is 121 Å². The van der Waals surface area contributed by atoms with Crippen molar-refractivity contribution in [2.45, 2.75) is 32.9 Å². The Morgan fingerprint density at radius 2 is 1.86 bits per heavy atom. The standard InChI is InChI=1S/C14H17F2NO4/c1-3-17(9(2)8-12(18)19)13(20)10-4-6-11(7-5-10)21-14(15)16/h4-7,9,14H,3,8H2,1-2H3,(H,18,19). The highest BCUT2D eigenvalue weighted by Crippen LogP contribution is 2.17. The van der Waals surface area contributed by atoms with Crippen LogP contribution in [0.4, 0.5) is 8.78 Å². The van der Waals surface area contributed by atoms with Crippen LogP contribution in [0.15, 0.2) is 24.3 Å². The lowest BCUT2D eigenvalue weighted by molar-refractivity contribution is -0.138. The molecule has 0 radical (unpaired) electrons. The van der Waals surface area contributed by atoms with Crippen LogP contribution >= 0.6 is 0 Å². The molecule has 1 atom stereocenters. The van der Waals surface area contributed by atoms with Gasteiger partial charge in [-0.25, -0.2) is 0 Å². The molecule has 0 heterocycles. The minimum atomic E-state index is -2.92. The van der Waals surface area contributed by atoms with Crippen molar-refractivity contribution in [2.75, 3.05) is 6.54 Å². The van der Waals surface area contributed by atoms with Crippen LogP contribution in [0, 0.1) is 0 Å². The lowest BCUT2D eigenvalue weighted by Crippen LogP contribution is -2.39. The van der Waals surface area contributed by atoms with Gasteiger partial charge in [0.2, 0.25) is 0 Å². The molecule has 1 amide bonds. The predicted molar refractivity (Wildman–Crippen MR) is 71.5 cm³/mol. The number of carbonyl (C=O) groups is 2. The van der Waals surface area contributed by atoms with Gasteiger partial charge in [-0.1, -0.05) is 0 Å². The summed E-state index contributed by atoms with van der Waals surface area (Å²) in [5, 5.41) is 8.78. The second kappa shape index (κ2) is 7.56. The molecule has 116 valence electrons. The fourth-order valence-corrected chi connectivity index (χ4v) is 1.96. The number of carbonyl (C=O) groups excluding carboxylic acids is 1. The highest BCUT2D eigenvalue weighted by Gasteiger charge is 2.22. The minimum absolute atomic E-state index is 0.0387. The number of alkyl halides is 2. The number of amides is 1. The Kier molecular flexibility index (Phi) is 6.08. The second-order valence-electron chi connectivity index (χ2n) is 4.44. The maximum atomic E-state index is 12.3. The third-order valence-electron chi connectivity index (χ3n) is 2.93. The molecule has 0 aliphatic heterocycles. The van der Waals surface area contributed by atoms with Gasteiger partial charge in [0.25, 0.3) is 5.91 Å². The Morgan fingerprint density at radius 1 is 1.29 bits per heavy atom. The molecule has 1 aromatic carbocycles. The van der Waals surface area contributed by atoms with Gasteiger partial charge in [0.15, 0.2) is 0 Å². The zero-order valence-corrected chi connectivity index (χ0v) is 11.8. The molecule has 21 heavy (non-hydrogen) atoms. The van der Waals surface area contributed by atoms with Crippen molar-refractivity contribution >= 4 is 11.9 Å². The van der Waals surface area contributed by atoms with E-state index in [2.05, 4.69) is 4.74 Å². The Hall–Kier alpha value is -2.18. The van der Waals surface area contributed by atoms with E-state index < -0.39 is 18.6 Å². The summed E-state index contributed by atoms with van der Waals surface area (Å²) >= 11 is 0. The molecule has 5 nitrogen and oxygen atoms in total. The number of carboxylic acids is 1. The van der Waals surface area contributed by atoms with E-state index in [0.717, 1.165) is 0 Å². The molecule has 0 aliphatic carbocycles. The zero-order valence-electron chi connectivity index (χ0n) is 11.8. The van der Waals surface area contributed by atoms with Gasteiger partial charge >= 0.3 is 12.6 Å². The molecule has 1 unspecified atom stereocenters. The maximum Gasteiger partial charge on any atom is 0.387 e. The summed E-state index contributed by atoms with van der Waals surface area (Å²) in [7, 11) is 0. The highest BCUT2D eigenvalue weighted by molar-refractivity contribution is 5.94. The van der Waals surface area contributed by atoms with Gasteiger partial charge in [-0.15, -0.1) is 0 Å². The maximum absolute atomic E-state index is 12.3. The van der Waals surface area contributed by atoms with Crippen molar-refractivity contribution in [1.82, 2.24) is 4.90 Å². The summed E-state index contributed by atoms with van der Waals surface area (Å²) in [5.74, 6) is -1.38. The highest BCUT2D eigenvalue weighted by atomic mass is 19.3. The number of ether oxygens (including phenoxy) is 1. The summed E-state index contributed by atoms with van der Waals surface area (Å²) < 4.78 is 28.3. The quantitative estimate of drug-likeness (QED) is 0.840. The van der Waals surface area contributed by atoms with Crippen LogP contribution in [0.5, 0.6) is 5.75 Å². The van der Waals surface area contributed by atoms with E-state index in [1.54, 1.807) is 13.8 Å². The van der Waals surface area contributed by atoms with Crippen LogP contribution in [-0.4, -0.2) is 41.1 Å². The molecule has 7 heteroatoms. The van der Waals surface area contributed by atoms with Crippen molar-refractivity contribution in [3.8, 4) is 5.75 Å². The number of aliphatic carboxylic acids is 1. The Balaban J connectivity index is 2.82. The molecule has 0 saturated heterocycles. The second-order valence-corrected chi connectivity index (χ2v) is 4.44. The molecule has 0 fully saturated rings. The molecule has 0 bridgehead atoms. The summed E-state index contributed by atoms with van der Waals surface area (Å²) in [5.41, 5.74) is 0.288. The topological polar surface area (TPSA) is 66.8 Å². The molecule has 0 saturated carbocycles. The summed E-state index contributed by atoms with van der Waals surface area (Å²) in [6.45, 7) is 0.811. The van der Waals surface area contributed by atoms with E-state index in [0.29, 0.717) is 6.54 Å². The molecule has 0 aromatic heterocycles. The fourth-order valence-electron chi connectivity index (χ4n) is 1.96. The van der Waals surface area contributed by atoms with Gasteiger partial charge in [-0.3, -0.25) is 9.59 Å². The first kappa shape index (κ1) is 16.9. The average molecular weight is 301 g/mol. The third-order valence-corrected chi connectivity index (χ3v) is 2.93. The first-order valence-electron chi connectivity index (χ1n) is 6.42. The Bertz CT molecular complexity index is 490. The number of nitrogens with zero attached hydrogens (tertiary/aromatic N) is 1. The molecule has 0 aliphatic rings. The van der Waals surface area contributed by atoms with E-state index in [9.17, 15) is 18.4 Å². The molecule has 0 spiro atoms. The van der Waals surface area contributed by atoms with Crippen molar-refractivity contribution in [2.24, 2.45) is 0 Å². The normalized spacial score (nSPS) is 12.0. The predicted octanol–water partition coefficient (Wildman–Crippen LogP) is 2.61. The van der Waals surface area contributed by atoms with Crippen LogP contribution in [0.25, 0.3) is 0 Å². The fraction of sp³-hybridized carbons (Fsp3) is 0.429. The number of hydrogen-bond acceptors (Lipinski definition) is 3.